The van der Waals surface area contributed by atoms with Gasteiger partial charge in [-0.25, -0.2) is 4.98 Å². The van der Waals surface area contributed by atoms with E-state index in [9.17, 15) is 23.1 Å². The Labute approximate surface area is 246 Å². The third-order valence-electron chi connectivity index (χ3n) is 8.77. The van der Waals surface area contributed by atoms with E-state index in [-0.39, 0.29) is 30.1 Å². The van der Waals surface area contributed by atoms with E-state index in [2.05, 4.69) is 15.5 Å². The van der Waals surface area contributed by atoms with Gasteiger partial charge in [-0.05, 0) is 78.6 Å². The quantitative estimate of drug-likeness (QED) is 0.278. The minimum atomic E-state index is -4.63. The number of hydrogen-bond donors (Lipinski definition) is 2. The average molecular weight is 589 g/mol. The molecule has 11 heteroatoms. The highest BCUT2D eigenvalue weighted by molar-refractivity contribution is 6.10. The maximum absolute atomic E-state index is 14.3. The zero-order chi connectivity index (χ0) is 29.9. The van der Waals surface area contributed by atoms with E-state index in [1.807, 2.05) is 41.9 Å². The second-order valence-electron chi connectivity index (χ2n) is 12.0. The number of benzene rings is 2. The SMILES string of the molecule is Cn1cnnc1-c1ccccc1-c1cc(C2CC2)nc(N2Cc3c(cc(CNCC4(O)CCC4)cc3C(F)(F)F)C2=O)c1. The van der Waals surface area contributed by atoms with Gasteiger partial charge in [0.15, 0.2) is 5.82 Å². The highest BCUT2D eigenvalue weighted by Gasteiger charge is 2.41. The summed E-state index contributed by atoms with van der Waals surface area (Å²) in [6.07, 6.45) is 1.20. The lowest BCUT2D eigenvalue weighted by molar-refractivity contribution is -0.138. The smallest absolute Gasteiger partial charge is 0.389 e. The van der Waals surface area contributed by atoms with Crippen molar-refractivity contribution in [3.63, 3.8) is 0 Å². The Bertz CT molecular complexity index is 1720. The topological polar surface area (TPSA) is 96.2 Å². The highest BCUT2D eigenvalue weighted by atomic mass is 19.4. The molecule has 0 radical (unpaired) electrons. The fourth-order valence-corrected chi connectivity index (χ4v) is 6.09. The molecule has 0 spiro atoms. The molecule has 1 amide bonds. The molecule has 8 nitrogen and oxygen atoms in total. The first kappa shape index (κ1) is 27.7. The number of aromatic nitrogens is 4. The number of aryl methyl sites for hydroxylation is 1. The van der Waals surface area contributed by atoms with Gasteiger partial charge in [0.25, 0.3) is 5.91 Å². The standard InChI is InChI=1S/C32H31F3N6O2/c1-40-18-37-39-29(40)23-6-3-2-5-22(23)21-13-27(20-7-8-20)38-28(14-21)41-16-25-24(30(41)42)11-19(12-26(25)32(33,34)35)15-36-17-31(43)9-4-10-31/h2-3,5-6,11-14,18,20,36,43H,4,7-10,15-17H2,1H3. The average Bonchev–Trinajstić information content (AvgIpc) is 3.66. The van der Waals surface area contributed by atoms with Crippen molar-refractivity contribution in [1.29, 1.82) is 0 Å². The molecule has 222 valence electrons. The molecule has 7 rings (SSSR count). The minimum Gasteiger partial charge on any atom is -0.389 e. The van der Waals surface area contributed by atoms with Gasteiger partial charge in [0.05, 0.1) is 17.7 Å². The monoisotopic (exact) mass is 588 g/mol. The summed E-state index contributed by atoms with van der Waals surface area (Å²) in [6, 6.07) is 14.2. The van der Waals surface area contributed by atoms with Crippen molar-refractivity contribution in [3.05, 3.63) is 82.8 Å². The van der Waals surface area contributed by atoms with E-state index in [0.717, 1.165) is 47.7 Å². The van der Waals surface area contributed by atoms with Gasteiger partial charge in [0.2, 0.25) is 0 Å². The molecular weight excluding hydrogens is 557 g/mol. The molecule has 2 aliphatic carbocycles. The first-order valence-electron chi connectivity index (χ1n) is 14.5. The molecule has 0 bridgehead atoms. The second-order valence-corrected chi connectivity index (χ2v) is 12.0. The van der Waals surface area contributed by atoms with Crippen molar-refractivity contribution in [3.8, 4) is 22.5 Å². The van der Waals surface area contributed by atoms with Crippen LogP contribution in [0.15, 0.2) is 54.9 Å². The van der Waals surface area contributed by atoms with Crippen molar-refractivity contribution in [2.75, 3.05) is 11.4 Å². The number of aliphatic hydroxyl groups is 1. The maximum atomic E-state index is 14.3. The molecule has 0 atom stereocenters. The van der Waals surface area contributed by atoms with Crippen LogP contribution in [0, 0.1) is 0 Å². The Kier molecular flexibility index (Phi) is 6.62. The number of hydrogen-bond acceptors (Lipinski definition) is 6. The molecule has 2 aromatic heterocycles. The molecule has 0 unspecified atom stereocenters. The number of nitrogens with one attached hydrogen (secondary N) is 1. The minimum absolute atomic E-state index is 0.0358. The summed E-state index contributed by atoms with van der Waals surface area (Å²) in [5, 5.41) is 21.7. The number of halogens is 3. The third kappa shape index (κ3) is 5.21. The number of amides is 1. The number of fused-ring (bicyclic) bond motifs is 1. The van der Waals surface area contributed by atoms with Gasteiger partial charge in [-0.2, -0.15) is 13.2 Å². The van der Waals surface area contributed by atoms with Crippen molar-refractivity contribution >= 4 is 11.7 Å². The van der Waals surface area contributed by atoms with Crippen LogP contribution in [0.1, 0.15) is 70.8 Å². The number of alkyl halides is 3. The Balaban J connectivity index is 1.26. The van der Waals surface area contributed by atoms with Crippen LogP contribution in [-0.2, 0) is 26.3 Å². The van der Waals surface area contributed by atoms with Gasteiger partial charge in [0.1, 0.15) is 12.1 Å². The molecule has 2 N–H and O–H groups in total. The van der Waals surface area contributed by atoms with Gasteiger partial charge in [0, 0.05) is 42.9 Å². The summed E-state index contributed by atoms with van der Waals surface area (Å²) in [5.74, 6) is 0.739. The number of rotatable bonds is 8. The van der Waals surface area contributed by atoms with Gasteiger partial charge in [-0.15, -0.1) is 10.2 Å². The Hall–Kier alpha value is -4.09. The number of pyridine rings is 1. The van der Waals surface area contributed by atoms with Crippen molar-refractivity contribution in [2.45, 2.75) is 62.9 Å². The first-order chi connectivity index (χ1) is 20.6. The molecular formula is C32H31F3N6O2. The predicted molar refractivity (Wildman–Crippen MR) is 154 cm³/mol. The van der Waals surface area contributed by atoms with Crippen LogP contribution in [0.5, 0.6) is 0 Å². The van der Waals surface area contributed by atoms with E-state index in [1.54, 1.807) is 18.5 Å². The van der Waals surface area contributed by atoms with E-state index < -0.39 is 23.2 Å². The summed E-state index contributed by atoms with van der Waals surface area (Å²) in [4.78, 5) is 20.0. The van der Waals surface area contributed by atoms with Crippen LogP contribution < -0.4 is 10.2 Å². The summed E-state index contributed by atoms with van der Waals surface area (Å²) >= 11 is 0. The number of anilines is 1. The molecule has 4 aromatic rings. The zero-order valence-corrected chi connectivity index (χ0v) is 23.7. The third-order valence-corrected chi connectivity index (χ3v) is 8.77. The molecule has 3 aliphatic rings. The van der Waals surface area contributed by atoms with Gasteiger partial charge >= 0.3 is 6.18 Å². The van der Waals surface area contributed by atoms with Crippen LogP contribution in [-0.4, -0.2) is 42.9 Å². The van der Waals surface area contributed by atoms with Crippen LogP contribution in [0.2, 0.25) is 0 Å². The fraction of sp³-hybridized carbons (Fsp3) is 0.375. The van der Waals surface area contributed by atoms with Gasteiger partial charge in [-0.1, -0.05) is 24.3 Å². The highest BCUT2D eigenvalue weighted by Crippen LogP contribution is 2.44. The normalized spacial score (nSPS) is 17.7. The zero-order valence-electron chi connectivity index (χ0n) is 23.7. The maximum Gasteiger partial charge on any atom is 0.416 e. The van der Waals surface area contributed by atoms with Gasteiger partial charge in [-0.3, -0.25) is 9.69 Å². The summed E-state index contributed by atoms with van der Waals surface area (Å²) in [6.45, 7) is 0.189. The van der Waals surface area contributed by atoms with Crippen LogP contribution >= 0.6 is 0 Å². The summed E-state index contributed by atoms with van der Waals surface area (Å²) < 4.78 is 44.8. The van der Waals surface area contributed by atoms with E-state index in [0.29, 0.717) is 36.6 Å². The Morgan fingerprint density at radius 1 is 1.07 bits per heavy atom. The molecule has 2 aromatic carbocycles. The summed E-state index contributed by atoms with van der Waals surface area (Å²) in [5.41, 5.74) is 2.06. The van der Waals surface area contributed by atoms with E-state index in [4.69, 9.17) is 4.98 Å². The van der Waals surface area contributed by atoms with Crippen molar-refractivity contribution in [2.24, 2.45) is 7.05 Å². The van der Waals surface area contributed by atoms with E-state index >= 15 is 0 Å². The van der Waals surface area contributed by atoms with Crippen LogP contribution in [0.25, 0.3) is 22.5 Å². The molecule has 0 saturated heterocycles. The van der Waals surface area contributed by atoms with Crippen LogP contribution in [0.3, 0.4) is 0 Å². The van der Waals surface area contributed by atoms with Crippen molar-refractivity contribution in [1.82, 2.24) is 25.1 Å². The largest absolute Gasteiger partial charge is 0.416 e. The first-order valence-corrected chi connectivity index (χ1v) is 14.5. The lowest BCUT2D eigenvalue weighted by Crippen LogP contribution is -2.46. The molecule has 2 saturated carbocycles. The second kappa shape index (κ2) is 10.3. The van der Waals surface area contributed by atoms with E-state index in [1.165, 1.54) is 4.90 Å². The number of carbonyl (C=O) groups excluding carboxylic acids is 1. The number of carbonyl (C=O) groups is 1. The fourth-order valence-electron chi connectivity index (χ4n) is 6.09. The molecule has 3 heterocycles. The van der Waals surface area contributed by atoms with Gasteiger partial charge < -0.3 is 15.0 Å². The Morgan fingerprint density at radius 2 is 1.84 bits per heavy atom. The Morgan fingerprint density at radius 3 is 2.49 bits per heavy atom. The van der Waals surface area contributed by atoms with Crippen LogP contribution in [0.4, 0.5) is 19.0 Å². The molecule has 43 heavy (non-hydrogen) atoms. The molecule has 2 fully saturated rings. The molecule has 1 aliphatic heterocycles. The number of nitrogens with zero attached hydrogens (tertiary/aromatic N) is 5. The predicted octanol–water partition coefficient (Wildman–Crippen LogP) is 5.61. The lowest BCUT2D eigenvalue weighted by Gasteiger charge is -2.36. The summed E-state index contributed by atoms with van der Waals surface area (Å²) in [7, 11) is 1.86. The van der Waals surface area contributed by atoms with Crippen molar-refractivity contribution < 1.29 is 23.1 Å². The lowest BCUT2D eigenvalue weighted by atomic mass is 9.80.